The number of nitrogens with one attached hydrogen (secondary N) is 1. The van der Waals surface area contributed by atoms with Crippen LogP contribution in [0.5, 0.6) is 0 Å². The average molecular weight is 314 g/mol. The molecule has 0 bridgehead atoms. The smallest absolute Gasteiger partial charge is 0.0931 e. The molecule has 0 saturated heterocycles. The van der Waals surface area contributed by atoms with Gasteiger partial charge in [0.1, 0.15) is 0 Å². The highest BCUT2D eigenvalue weighted by Gasteiger charge is 2.11. The van der Waals surface area contributed by atoms with Gasteiger partial charge in [-0.05, 0) is 50.1 Å². The molecule has 0 aliphatic rings. The second-order valence-electron chi connectivity index (χ2n) is 4.76. The van der Waals surface area contributed by atoms with E-state index >= 15 is 0 Å². The third-order valence-corrected chi connectivity index (χ3v) is 4.68. The van der Waals surface area contributed by atoms with E-state index in [1.54, 1.807) is 11.3 Å². The zero-order valence-corrected chi connectivity index (χ0v) is 13.3. The fourth-order valence-electron chi connectivity index (χ4n) is 2.10. The summed E-state index contributed by atoms with van der Waals surface area (Å²) in [6.07, 6.45) is 0.987. The predicted octanol–water partition coefficient (Wildman–Crippen LogP) is 5.34. The number of benzene rings is 1. The molecule has 1 aromatic carbocycles. The van der Waals surface area contributed by atoms with Crippen molar-refractivity contribution in [2.75, 3.05) is 0 Å². The van der Waals surface area contributed by atoms with Crippen molar-refractivity contribution in [3.63, 3.8) is 0 Å². The molecule has 0 radical (unpaired) electrons. The van der Waals surface area contributed by atoms with Gasteiger partial charge in [-0.3, -0.25) is 0 Å². The van der Waals surface area contributed by atoms with Crippen molar-refractivity contribution >= 4 is 34.5 Å². The van der Waals surface area contributed by atoms with E-state index in [4.69, 9.17) is 23.2 Å². The summed E-state index contributed by atoms with van der Waals surface area (Å²) < 4.78 is 0.842. The van der Waals surface area contributed by atoms with Gasteiger partial charge in [-0.2, -0.15) is 0 Å². The lowest BCUT2D eigenvalue weighted by molar-refractivity contribution is 0.482. The van der Waals surface area contributed by atoms with Crippen LogP contribution in [0.15, 0.2) is 36.4 Å². The lowest BCUT2D eigenvalue weighted by Crippen LogP contribution is -2.30. The summed E-state index contributed by atoms with van der Waals surface area (Å²) in [5, 5.41) is 4.37. The van der Waals surface area contributed by atoms with E-state index in [2.05, 4.69) is 37.4 Å². The number of rotatable bonds is 5. The van der Waals surface area contributed by atoms with Gasteiger partial charge in [-0.1, -0.05) is 35.3 Å². The predicted molar refractivity (Wildman–Crippen MR) is 85.5 cm³/mol. The molecule has 1 heterocycles. The van der Waals surface area contributed by atoms with Crippen LogP contribution in [-0.2, 0) is 6.42 Å². The van der Waals surface area contributed by atoms with Gasteiger partial charge in [-0.25, -0.2) is 0 Å². The lowest BCUT2D eigenvalue weighted by Gasteiger charge is -2.19. The zero-order valence-electron chi connectivity index (χ0n) is 11.0. The fraction of sp³-hybridized carbons (Fsp3) is 0.333. The molecule has 0 saturated carbocycles. The van der Waals surface area contributed by atoms with E-state index < -0.39 is 0 Å². The van der Waals surface area contributed by atoms with Gasteiger partial charge >= 0.3 is 0 Å². The Hall–Kier alpha value is -0.540. The first-order chi connectivity index (χ1) is 9.04. The molecule has 1 N–H and O–H groups in total. The Morgan fingerprint density at radius 2 is 1.74 bits per heavy atom. The Labute approximate surface area is 128 Å². The number of hydrogen-bond donors (Lipinski definition) is 1. The second kappa shape index (κ2) is 6.76. The van der Waals surface area contributed by atoms with E-state index in [0.29, 0.717) is 12.1 Å². The summed E-state index contributed by atoms with van der Waals surface area (Å²) in [4.78, 5) is 1.27. The Balaban J connectivity index is 1.90. The second-order valence-corrected chi connectivity index (χ2v) is 6.94. The van der Waals surface area contributed by atoms with Crippen LogP contribution in [0, 0.1) is 0 Å². The van der Waals surface area contributed by atoms with Gasteiger partial charge < -0.3 is 5.32 Å². The normalized spacial score (nSPS) is 14.3. The summed E-state index contributed by atoms with van der Waals surface area (Å²) in [5.41, 5.74) is 1.29. The molecule has 102 valence electrons. The van der Waals surface area contributed by atoms with E-state index in [1.165, 1.54) is 10.4 Å². The molecule has 2 rings (SSSR count). The molecule has 2 atom stereocenters. The Bertz CT molecular complexity index is 521. The van der Waals surface area contributed by atoms with Gasteiger partial charge in [-0.15, -0.1) is 11.3 Å². The van der Waals surface area contributed by atoms with Crippen LogP contribution in [0.1, 0.15) is 30.3 Å². The van der Waals surface area contributed by atoms with Crippen LogP contribution < -0.4 is 5.32 Å². The Kier molecular flexibility index (Phi) is 5.28. The van der Waals surface area contributed by atoms with E-state index in [-0.39, 0.29) is 0 Å². The van der Waals surface area contributed by atoms with Crippen molar-refractivity contribution < 1.29 is 0 Å². The molecule has 0 amide bonds. The number of halogens is 2. The first kappa shape index (κ1) is 14.9. The molecule has 1 nitrogen and oxygen atoms in total. The zero-order chi connectivity index (χ0) is 13.8. The van der Waals surface area contributed by atoms with Gasteiger partial charge in [0, 0.05) is 22.0 Å². The third-order valence-electron chi connectivity index (χ3n) is 3.01. The lowest BCUT2D eigenvalue weighted by atomic mass is 10.1. The van der Waals surface area contributed by atoms with E-state index in [9.17, 15) is 0 Å². The van der Waals surface area contributed by atoms with Crippen molar-refractivity contribution in [2.45, 2.75) is 32.4 Å². The minimum atomic E-state index is 0.319. The largest absolute Gasteiger partial charge is 0.307 e. The highest BCUT2D eigenvalue weighted by Crippen LogP contribution is 2.27. The van der Waals surface area contributed by atoms with E-state index in [1.807, 2.05) is 18.2 Å². The molecule has 0 fully saturated rings. The van der Waals surface area contributed by atoms with Crippen LogP contribution in [0.3, 0.4) is 0 Å². The maximum Gasteiger partial charge on any atom is 0.0931 e. The first-order valence-electron chi connectivity index (χ1n) is 6.30. The van der Waals surface area contributed by atoms with Crippen molar-refractivity contribution in [3.05, 3.63) is 56.2 Å². The standard InChI is InChI=1S/C15H17Cl2NS/c1-10(9-12-3-5-13(16)6-4-12)18-11(2)14-7-8-15(17)19-14/h3-8,10-11,18H,9H2,1-2H3. The van der Waals surface area contributed by atoms with Gasteiger partial charge in [0.2, 0.25) is 0 Å². The fourth-order valence-corrected chi connectivity index (χ4v) is 3.30. The highest BCUT2D eigenvalue weighted by molar-refractivity contribution is 7.16. The summed E-state index contributed by atoms with van der Waals surface area (Å²) in [7, 11) is 0. The minimum absolute atomic E-state index is 0.319. The maximum absolute atomic E-state index is 5.96. The molecule has 1 aromatic heterocycles. The minimum Gasteiger partial charge on any atom is -0.307 e. The van der Waals surface area contributed by atoms with Gasteiger partial charge in [0.15, 0.2) is 0 Å². The highest BCUT2D eigenvalue weighted by atomic mass is 35.5. The van der Waals surface area contributed by atoms with Crippen LogP contribution in [0.25, 0.3) is 0 Å². The summed E-state index contributed by atoms with van der Waals surface area (Å²) in [5.74, 6) is 0. The van der Waals surface area contributed by atoms with Crippen LogP contribution in [0.4, 0.5) is 0 Å². The van der Waals surface area contributed by atoms with Crippen molar-refractivity contribution in [2.24, 2.45) is 0 Å². The topological polar surface area (TPSA) is 12.0 Å². The number of thiophene rings is 1. The SMILES string of the molecule is CC(Cc1ccc(Cl)cc1)NC(C)c1ccc(Cl)s1. The van der Waals surface area contributed by atoms with Crippen LogP contribution in [0.2, 0.25) is 9.36 Å². The maximum atomic E-state index is 5.96. The Morgan fingerprint density at radius 3 is 2.32 bits per heavy atom. The van der Waals surface area contributed by atoms with Crippen LogP contribution >= 0.6 is 34.5 Å². The van der Waals surface area contributed by atoms with Crippen molar-refractivity contribution in [3.8, 4) is 0 Å². The van der Waals surface area contributed by atoms with Gasteiger partial charge in [0.25, 0.3) is 0 Å². The van der Waals surface area contributed by atoms with E-state index in [0.717, 1.165) is 15.8 Å². The molecular formula is C15H17Cl2NS. The summed E-state index contributed by atoms with van der Waals surface area (Å²) in [6, 6.07) is 12.8. The summed E-state index contributed by atoms with van der Waals surface area (Å²) in [6.45, 7) is 4.36. The molecule has 0 aliphatic carbocycles. The molecule has 2 aromatic rings. The van der Waals surface area contributed by atoms with Crippen molar-refractivity contribution in [1.29, 1.82) is 0 Å². The first-order valence-corrected chi connectivity index (χ1v) is 7.87. The van der Waals surface area contributed by atoms with Crippen LogP contribution in [-0.4, -0.2) is 6.04 Å². The van der Waals surface area contributed by atoms with Crippen molar-refractivity contribution in [1.82, 2.24) is 5.32 Å². The average Bonchev–Trinajstić information content (AvgIpc) is 2.79. The summed E-state index contributed by atoms with van der Waals surface area (Å²) >= 11 is 13.5. The number of hydrogen-bond acceptors (Lipinski definition) is 2. The molecule has 19 heavy (non-hydrogen) atoms. The molecule has 0 aliphatic heterocycles. The van der Waals surface area contributed by atoms with Gasteiger partial charge in [0.05, 0.1) is 4.34 Å². The molecule has 0 spiro atoms. The Morgan fingerprint density at radius 1 is 1.05 bits per heavy atom. The third kappa shape index (κ3) is 4.50. The quantitative estimate of drug-likeness (QED) is 0.786. The monoisotopic (exact) mass is 313 g/mol. The molecular weight excluding hydrogens is 297 g/mol. The molecule has 4 heteroatoms. The molecule has 2 unspecified atom stereocenters.